The van der Waals surface area contributed by atoms with Crippen LogP contribution in [0.2, 0.25) is 0 Å². The topological polar surface area (TPSA) is 63.6 Å². The molecule has 5 rings (SSSR count). The largest absolute Gasteiger partial charge is 0.507 e. The van der Waals surface area contributed by atoms with E-state index < -0.39 is 0 Å². The number of hydrogen-bond donors (Lipinski definition) is 1. The average molecular weight is 485 g/mol. The molecule has 0 aromatic heterocycles. The van der Waals surface area contributed by atoms with E-state index in [1.807, 2.05) is 72.8 Å². The Kier molecular flexibility index (Phi) is 6.64. The SMILES string of the molecule is COc1cc(/C=C/C(=O)c2ccc3ccccc3c2)c(O)c(/C=C/C(=O)c2ccc3ccccc3c2)c1. The highest BCUT2D eigenvalue weighted by atomic mass is 16.5. The second-order valence-electron chi connectivity index (χ2n) is 8.67. The molecule has 0 aliphatic carbocycles. The third-order valence-corrected chi connectivity index (χ3v) is 6.27. The second kappa shape index (κ2) is 10.3. The third-order valence-electron chi connectivity index (χ3n) is 6.27. The van der Waals surface area contributed by atoms with Gasteiger partial charge >= 0.3 is 0 Å². The van der Waals surface area contributed by atoms with Crippen molar-refractivity contribution in [2.75, 3.05) is 7.11 Å². The summed E-state index contributed by atoms with van der Waals surface area (Å²) < 4.78 is 5.38. The van der Waals surface area contributed by atoms with Crippen molar-refractivity contribution in [3.05, 3.63) is 131 Å². The van der Waals surface area contributed by atoms with Crippen molar-refractivity contribution in [1.29, 1.82) is 0 Å². The molecule has 37 heavy (non-hydrogen) atoms. The first kappa shape index (κ1) is 23.8. The van der Waals surface area contributed by atoms with Crippen LogP contribution in [0, 0.1) is 0 Å². The number of benzene rings is 5. The molecule has 0 saturated carbocycles. The molecule has 5 aromatic rings. The van der Waals surface area contributed by atoms with Crippen LogP contribution >= 0.6 is 0 Å². The van der Waals surface area contributed by atoms with Crippen LogP contribution in [0.1, 0.15) is 31.8 Å². The van der Waals surface area contributed by atoms with E-state index in [4.69, 9.17) is 4.74 Å². The summed E-state index contributed by atoms with van der Waals surface area (Å²) >= 11 is 0. The smallest absolute Gasteiger partial charge is 0.185 e. The van der Waals surface area contributed by atoms with E-state index in [1.54, 1.807) is 36.4 Å². The lowest BCUT2D eigenvalue weighted by atomic mass is 10.0. The maximum Gasteiger partial charge on any atom is 0.185 e. The van der Waals surface area contributed by atoms with Crippen LogP contribution in [0.15, 0.2) is 109 Å². The van der Waals surface area contributed by atoms with Crippen molar-refractivity contribution in [2.24, 2.45) is 0 Å². The first-order valence-corrected chi connectivity index (χ1v) is 11.9. The van der Waals surface area contributed by atoms with Gasteiger partial charge in [-0.25, -0.2) is 0 Å². The van der Waals surface area contributed by atoms with Crippen molar-refractivity contribution in [3.8, 4) is 11.5 Å². The molecular formula is C33H24O4. The van der Waals surface area contributed by atoms with Crippen molar-refractivity contribution in [3.63, 3.8) is 0 Å². The molecule has 1 N–H and O–H groups in total. The van der Waals surface area contributed by atoms with E-state index in [0.717, 1.165) is 21.5 Å². The summed E-state index contributed by atoms with van der Waals surface area (Å²) in [5.74, 6) is 0.0763. The Morgan fingerprint density at radius 1 is 0.622 bits per heavy atom. The van der Waals surface area contributed by atoms with Gasteiger partial charge in [0, 0.05) is 22.3 Å². The highest BCUT2D eigenvalue weighted by molar-refractivity contribution is 6.10. The summed E-state index contributed by atoms with van der Waals surface area (Å²) in [6.07, 6.45) is 5.95. The lowest BCUT2D eigenvalue weighted by molar-refractivity contribution is 0.104. The minimum atomic E-state index is -0.184. The van der Waals surface area contributed by atoms with Crippen molar-refractivity contribution in [2.45, 2.75) is 0 Å². The van der Waals surface area contributed by atoms with Crippen molar-refractivity contribution in [1.82, 2.24) is 0 Å². The summed E-state index contributed by atoms with van der Waals surface area (Å²) in [7, 11) is 1.52. The van der Waals surface area contributed by atoms with Gasteiger partial charge in [-0.05, 0) is 70.1 Å². The zero-order valence-electron chi connectivity index (χ0n) is 20.2. The van der Waals surface area contributed by atoms with Gasteiger partial charge < -0.3 is 9.84 Å². The predicted octanol–water partition coefficient (Wildman–Crippen LogP) is 7.50. The first-order chi connectivity index (χ1) is 18.0. The van der Waals surface area contributed by atoms with Gasteiger partial charge in [-0.1, -0.05) is 72.8 Å². The van der Waals surface area contributed by atoms with Gasteiger partial charge in [0.2, 0.25) is 0 Å². The Bertz CT molecular complexity index is 1590. The van der Waals surface area contributed by atoms with Crippen LogP contribution < -0.4 is 4.74 Å². The highest BCUT2D eigenvalue weighted by Gasteiger charge is 2.10. The average Bonchev–Trinajstić information content (AvgIpc) is 2.95. The normalized spacial score (nSPS) is 11.5. The molecule has 0 fully saturated rings. The molecule has 0 heterocycles. The maximum absolute atomic E-state index is 12.8. The van der Waals surface area contributed by atoms with Crippen molar-refractivity contribution < 1.29 is 19.4 Å². The maximum atomic E-state index is 12.8. The Hall–Kier alpha value is -4.96. The second-order valence-corrected chi connectivity index (χ2v) is 8.67. The molecule has 5 aromatic carbocycles. The molecule has 180 valence electrons. The van der Waals surface area contributed by atoms with E-state index in [9.17, 15) is 14.7 Å². The van der Waals surface area contributed by atoms with Crippen LogP contribution in [0.4, 0.5) is 0 Å². The quantitative estimate of drug-likeness (QED) is 0.192. The molecule has 0 amide bonds. The van der Waals surface area contributed by atoms with Gasteiger partial charge in [0.1, 0.15) is 11.5 Å². The van der Waals surface area contributed by atoms with E-state index >= 15 is 0 Å². The molecular weight excluding hydrogens is 460 g/mol. The molecule has 0 atom stereocenters. The van der Waals surface area contributed by atoms with Crippen LogP contribution in [0.3, 0.4) is 0 Å². The van der Waals surface area contributed by atoms with Gasteiger partial charge in [0.25, 0.3) is 0 Å². The third kappa shape index (κ3) is 5.19. The van der Waals surface area contributed by atoms with E-state index in [2.05, 4.69) is 0 Å². The Morgan fingerprint density at radius 2 is 1.05 bits per heavy atom. The van der Waals surface area contributed by atoms with Gasteiger partial charge in [0.05, 0.1) is 7.11 Å². The number of rotatable bonds is 7. The standard InChI is InChI=1S/C33H24O4/c1-37-30-20-28(14-16-31(34)26-12-10-22-6-2-4-8-24(22)18-26)33(36)29(21-30)15-17-32(35)27-13-11-23-7-3-5-9-25(23)19-27/h2-21,36H,1H3/b16-14+,17-15+. The summed E-state index contributed by atoms with van der Waals surface area (Å²) in [6, 6.07) is 30.0. The minimum absolute atomic E-state index is 0.0501. The molecule has 0 spiro atoms. The highest BCUT2D eigenvalue weighted by Crippen LogP contribution is 2.31. The number of hydrogen-bond acceptors (Lipinski definition) is 4. The van der Waals surface area contributed by atoms with Gasteiger partial charge in [-0.3, -0.25) is 9.59 Å². The predicted molar refractivity (Wildman–Crippen MR) is 149 cm³/mol. The fourth-order valence-corrected chi connectivity index (χ4v) is 4.23. The fraction of sp³-hybridized carbons (Fsp3) is 0.0303. The summed E-state index contributed by atoms with van der Waals surface area (Å²) in [6.45, 7) is 0. The number of phenolic OH excluding ortho intramolecular Hbond substituents is 1. The van der Waals surface area contributed by atoms with Gasteiger partial charge in [-0.2, -0.15) is 0 Å². The number of carbonyl (C=O) groups excluding carboxylic acids is 2. The van der Waals surface area contributed by atoms with Gasteiger partial charge in [0.15, 0.2) is 11.6 Å². The van der Waals surface area contributed by atoms with Crippen LogP contribution in [0.25, 0.3) is 33.7 Å². The zero-order valence-corrected chi connectivity index (χ0v) is 20.2. The number of ether oxygens (including phenoxy) is 1. The number of allylic oxidation sites excluding steroid dienone is 2. The fourth-order valence-electron chi connectivity index (χ4n) is 4.23. The van der Waals surface area contributed by atoms with Crippen LogP contribution in [-0.2, 0) is 0 Å². The lowest BCUT2D eigenvalue weighted by Crippen LogP contribution is -1.95. The number of carbonyl (C=O) groups is 2. The number of methoxy groups -OCH3 is 1. The molecule has 0 aliphatic heterocycles. The van der Waals surface area contributed by atoms with E-state index in [0.29, 0.717) is 28.0 Å². The number of ketones is 2. The zero-order chi connectivity index (χ0) is 25.8. The number of phenols is 1. The Balaban J connectivity index is 1.40. The monoisotopic (exact) mass is 484 g/mol. The van der Waals surface area contributed by atoms with E-state index in [-0.39, 0.29) is 17.3 Å². The molecule has 4 nitrogen and oxygen atoms in total. The van der Waals surface area contributed by atoms with E-state index in [1.165, 1.54) is 19.3 Å². The van der Waals surface area contributed by atoms with Gasteiger partial charge in [-0.15, -0.1) is 0 Å². The van der Waals surface area contributed by atoms with Crippen LogP contribution in [0.5, 0.6) is 11.5 Å². The summed E-state index contributed by atoms with van der Waals surface area (Å²) in [4.78, 5) is 25.6. The minimum Gasteiger partial charge on any atom is -0.507 e. The Labute approximate surface area is 214 Å². The first-order valence-electron chi connectivity index (χ1n) is 11.9. The molecule has 0 unspecified atom stereocenters. The Morgan fingerprint density at radius 3 is 1.49 bits per heavy atom. The summed E-state index contributed by atoms with van der Waals surface area (Å²) in [5, 5.41) is 15.0. The van der Waals surface area contributed by atoms with Crippen molar-refractivity contribution >= 4 is 45.3 Å². The van der Waals surface area contributed by atoms with Crippen LogP contribution in [-0.4, -0.2) is 23.8 Å². The summed E-state index contributed by atoms with van der Waals surface area (Å²) in [5.41, 5.74) is 1.93. The molecule has 0 bridgehead atoms. The molecule has 0 aliphatic rings. The molecule has 0 radical (unpaired) electrons. The molecule has 0 saturated heterocycles. The number of aromatic hydroxyl groups is 1. The molecule has 4 heteroatoms. The lowest BCUT2D eigenvalue weighted by Gasteiger charge is -2.08. The number of fused-ring (bicyclic) bond motifs is 2.